The van der Waals surface area contributed by atoms with Crippen molar-refractivity contribution in [3.8, 4) is 0 Å². The highest BCUT2D eigenvalue weighted by Crippen LogP contribution is 2.21. The van der Waals surface area contributed by atoms with Crippen molar-refractivity contribution in [3.05, 3.63) is 80.1 Å². The Kier molecular flexibility index (Phi) is 6.05. The van der Waals surface area contributed by atoms with Crippen LogP contribution in [-0.4, -0.2) is 19.8 Å². The normalized spacial score (nSPS) is 10.5. The van der Waals surface area contributed by atoms with Gasteiger partial charge >= 0.3 is 0 Å². The number of hydrogen-bond acceptors (Lipinski definition) is 4. The summed E-state index contributed by atoms with van der Waals surface area (Å²) in [5, 5.41) is 21.8. The number of nitro groups is 1. The SMILES string of the molecule is Cc1nn(Cc2cccc(NC(=S)Nc3ccc([N+](=O)[O-])cc3)c2)c(C)c1Br. The molecule has 28 heavy (non-hydrogen) atoms. The number of benzene rings is 2. The van der Waals surface area contributed by atoms with Gasteiger partial charge in [-0.3, -0.25) is 14.8 Å². The Bertz CT molecular complexity index is 1030. The lowest BCUT2D eigenvalue weighted by Gasteiger charge is -2.12. The number of non-ortho nitro benzene ring substituents is 1. The number of aromatic nitrogens is 2. The molecule has 0 saturated heterocycles. The minimum absolute atomic E-state index is 0.0351. The highest BCUT2D eigenvalue weighted by Gasteiger charge is 2.09. The molecule has 9 heteroatoms. The molecule has 2 N–H and O–H groups in total. The molecule has 0 radical (unpaired) electrons. The molecule has 0 aliphatic rings. The molecule has 0 unspecified atom stereocenters. The summed E-state index contributed by atoms with van der Waals surface area (Å²) in [4.78, 5) is 10.3. The van der Waals surface area contributed by atoms with Gasteiger partial charge in [0.1, 0.15) is 0 Å². The second kappa shape index (κ2) is 8.49. The molecule has 0 aliphatic carbocycles. The predicted octanol–water partition coefficient (Wildman–Crippen LogP) is 5.03. The Morgan fingerprint density at radius 2 is 1.86 bits per heavy atom. The van der Waals surface area contributed by atoms with Crippen LogP contribution in [-0.2, 0) is 6.54 Å². The van der Waals surface area contributed by atoms with Gasteiger partial charge in [-0.05, 0) is 71.8 Å². The van der Waals surface area contributed by atoms with Gasteiger partial charge in [-0.25, -0.2) is 0 Å². The van der Waals surface area contributed by atoms with Crippen molar-refractivity contribution in [3.63, 3.8) is 0 Å². The zero-order valence-corrected chi connectivity index (χ0v) is 17.7. The van der Waals surface area contributed by atoms with E-state index in [4.69, 9.17) is 12.2 Å². The first-order chi connectivity index (χ1) is 13.3. The molecule has 144 valence electrons. The first-order valence-corrected chi connectivity index (χ1v) is 9.64. The first-order valence-electron chi connectivity index (χ1n) is 8.44. The molecule has 0 spiro atoms. The summed E-state index contributed by atoms with van der Waals surface area (Å²) in [6.45, 7) is 4.64. The third-order valence-corrected chi connectivity index (χ3v) is 5.50. The molecule has 0 atom stereocenters. The number of aryl methyl sites for hydroxylation is 1. The molecule has 0 aliphatic heterocycles. The molecule has 3 aromatic rings. The van der Waals surface area contributed by atoms with Crippen LogP contribution in [0.25, 0.3) is 0 Å². The highest BCUT2D eigenvalue weighted by molar-refractivity contribution is 9.10. The highest BCUT2D eigenvalue weighted by atomic mass is 79.9. The van der Waals surface area contributed by atoms with Crippen LogP contribution in [0.3, 0.4) is 0 Å². The molecule has 2 aromatic carbocycles. The van der Waals surface area contributed by atoms with E-state index in [1.807, 2.05) is 42.8 Å². The monoisotopic (exact) mass is 459 g/mol. The summed E-state index contributed by atoms with van der Waals surface area (Å²) < 4.78 is 2.97. The van der Waals surface area contributed by atoms with Gasteiger partial charge in [-0.15, -0.1) is 0 Å². The summed E-state index contributed by atoms with van der Waals surface area (Å²) in [5.41, 5.74) is 4.67. The largest absolute Gasteiger partial charge is 0.332 e. The molecule has 0 bridgehead atoms. The Hall–Kier alpha value is -2.78. The van der Waals surface area contributed by atoms with Crippen molar-refractivity contribution >= 4 is 50.3 Å². The standard InChI is InChI=1S/C19H18BrN5O2S/c1-12-18(20)13(2)24(23-12)11-14-4-3-5-16(10-14)22-19(28)21-15-6-8-17(9-7-15)25(26)27/h3-10H,11H2,1-2H3,(H2,21,22,28). The summed E-state index contributed by atoms with van der Waals surface area (Å²) in [7, 11) is 0. The topological polar surface area (TPSA) is 85.0 Å². The Morgan fingerprint density at radius 3 is 2.46 bits per heavy atom. The van der Waals surface area contributed by atoms with Crippen molar-refractivity contribution in [2.45, 2.75) is 20.4 Å². The number of hydrogen-bond donors (Lipinski definition) is 2. The van der Waals surface area contributed by atoms with Crippen LogP contribution in [0, 0.1) is 24.0 Å². The maximum absolute atomic E-state index is 10.7. The Morgan fingerprint density at radius 1 is 1.18 bits per heavy atom. The number of anilines is 2. The number of thiocarbonyl (C=S) groups is 1. The fourth-order valence-corrected chi connectivity index (χ4v) is 3.23. The lowest BCUT2D eigenvalue weighted by atomic mass is 10.2. The molecule has 3 rings (SSSR count). The zero-order valence-electron chi connectivity index (χ0n) is 15.3. The molecule has 0 saturated carbocycles. The molecular formula is C19H18BrN5O2S. The summed E-state index contributed by atoms with van der Waals surface area (Å²) in [5.74, 6) is 0. The van der Waals surface area contributed by atoms with E-state index in [2.05, 4.69) is 31.7 Å². The van der Waals surface area contributed by atoms with Gasteiger partial charge in [0.05, 0.1) is 27.3 Å². The Labute approximate surface area is 176 Å². The average Bonchev–Trinajstić information content (AvgIpc) is 2.89. The third kappa shape index (κ3) is 4.73. The van der Waals surface area contributed by atoms with Crippen LogP contribution < -0.4 is 10.6 Å². The number of nitro benzene ring substituents is 1. The van der Waals surface area contributed by atoms with E-state index in [1.54, 1.807) is 12.1 Å². The van der Waals surface area contributed by atoms with Crippen LogP contribution in [0.1, 0.15) is 17.0 Å². The van der Waals surface area contributed by atoms with Gasteiger partial charge < -0.3 is 10.6 Å². The maximum Gasteiger partial charge on any atom is 0.269 e. The zero-order chi connectivity index (χ0) is 20.3. The fraction of sp³-hybridized carbons (Fsp3) is 0.158. The van der Waals surface area contributed by atoms with Gasteiger partial charge in [0.15, 0.2) is 5.11 Å². The van der Waals surface area contributed by atoms with Crippen LogP contribution in [0.15, 0.2) is 53.0 Å². The van der Waals surface area contributed by atoms with Crippen LogP contribution in [0.4, 0.5) is 17.1 Å². The number of halogens is 1. The van der Waals surface area contributed by atoms with E-state index in [1.165, 1.54) is 12.1 Å². The van der Waals surface area contributed by atoms with Crippen molar-refractivity contribution in [2.24, 2.45) is 0 Å². The summed E-state index contributed by atoms with van der Waals surface area (Å²) >= 11 is 8.88. The van der Waals surface area contributed by atoms with E-state index in [0.717, 1.165) is 27.1 Å². The predicted molar refractivity (Wildman–Crippen MR) is 118 cm³/mol. The van der Waals surface area contributed by atoms with Crippen LogP contribution in [0.2, 0.25) is 0 Å². The quantitative estimate of drug-likeness (QED) is 0.316. The van der Waals surface area contributed by atoms with Gasteiger partial charge in [-0.1, -0.05) is 12.1 Å². The van der Waals surface area contributed by atoms with E-state index in [9.17, 15) is 10.1 Å². The van der Waals surface area contributed by atoms with Gasteiger partial charge in [-0.2, -0.15) is 5.10 Å². The molecule has 1 heterocycles. The minimum atomic E-state index is -0.437. The van der Waals surface area contributed by atoms with Gasteiger partial charge in [0, 0.05) is 23.5 Å². The molecule has 7 nitrogen and oxygen atoms in total. The van der Waals surface area contributed by atoms with Crippen molar-refractivity contribution in [1.29, 1.82) is 0 Å². The summed E-state index contributed by atoms with van der Waals surface area (Å²) in [6, 6.07) is 14.0. The fourth-order valence-electron chi connectivity index (χ4n) is 2.71. The molecule has 0 amide bonds. The number of nitrogens with zero attached hydrogens (tertiary/aromatic N) is 3. The number of nitrogens with one attached hydrogen (secondary N) is 2. The van der Waals surface area contributed by atoms with Crippen molar-refractivity contribution in [1.82, 2.24) is 9.78 Å². The van der Waals surface area contributed by atoms with E-state index in [0.29, 0.717) is 17.3 Å². The van der Waals surface area contributed by atoms with Crippen molar-refractivity contribution in [2.75, 3.05) is 10.6 Å². The second-order valence-corrected chi connectivity index (χ2v) is 7.43. The minimum Gasteiger partial charge on any atom is -0.332 e. The summed E-state index contributed by atoms with van der Waals surface area (Å²) in [6.07, 6.45) is 0. The molecule has 1 aromatic heterocycles. The van der Waals surface area contributed by atoms with E-state index in [-0.39, 0.29) is 5.69 Å². The van der Waals surface area contributed by atoms with Gasteiger partial charge in [0.25, 0.3) is 5.69 Å². The van der Waals surface area contributed by atoms with E-state index >= 15 is 0 Å². The average molecular weight is 460 g/mol. The van der Waals surface area contributed by atoms with E-state index < -0.39 is 4.92 Å². The lowest BCUT2D eigenvalue weighted by molar-refractivity contribution is -0.384. The van der Waals surface area contributed by atoms with Gasteiger partial charge in [0.2, 0.25) is 0 Å². The van der Waals surface area contributed by atoms with Crippen molar-refractivity contribution < 1.29 is 4.92 Å². The molecule has 0 fully saturated rings. The lowest BCUT2D eigenvalue weighted by Crippen LogP contribution is -2.19. The smallest absolute Gasteiger partial charge is 0.269 e. The molecular weight excluding hydrogens is 442 g/mol. The maximum atomic E-state index is 10.7. The van der Waals surface area contributed by atoms with Crippen LogP contribution >= 0.6 is 28.1 Å². The Balaban J connectivity index is 1.65. The van der Waals surface area contributed by atoms with Crippen LogP contribution in [0.5, 0.6) is 0 Å². The number of rotatable bonds is 5. The third-order valence-electron chi connectivity index (χ3n) is 4.15. The second-order valence-electron chi connectivity index (χ2n) is 6.23. The first kappa shape index (κ1) is 20.0.